The van der Waals surface area contributed by atoms with E-state index in [0.29, 0.717) is 0 Å². The van der Waals surface area contributed by atoms with E-state index in [-0.39, 0.29) is 10.8 Å². The average molecular weight is 702 g/mol. The zero-order valence-electron chi connectivity index (χ0n) is 31.5. The van der Waals surface area contributed by atoms with Crippen LogP contribution in [-0.2, 0) is 10.8 Å². The molecule has 0 N–H and O–H groups in total. The third kappa shape index (κ3) is 4.19. The van der Waals surface area contributed by atoms with Crippen LogP contribution in [-0.4, -0.2) is 4.57 Å². The minimum atomic E-state index is -0.249. The van der Waals surface area contributed by atoms with Crippen molar-refractivity contribution >= 4 is 54.1 Å². The molecule has 0 unspecified atom stereocenters. The molecule has 2 aliphatic heterocycles. The van der Waals surface area contributed by atoms with Crippen molar-refractivity contribution in [3.05, 3.63) is 186 Å². The van der Waals surface area contributed by atoms with E-state index in [2.05, 4.69) is 196 Å². The third-order valence-corrected chi connectivity index (χ3v) is 13.2. The Bertz CT molecular complexity index is 3140. The number of hydrogen-bond acceptors (Lipinski definition) is 0. The van der Waals surface area contributed by atoms with Gasteiger partial charge in [-0.2, -0.15) is 0 Å². The number of hydrogen-bond donors (Lipinski definition) is 0. The molecule has 1 nitrogen and oxygen atoms in total. The first kappa shape index (κ1) is 31.0. The average Bonchev–Trinajstić information content (AvgIpc) is 3.55. The highest BCUT2D eigenvalue weighted by Crippen LogP contribution is 2.57. The van der Waals surface area contributed by atoms with Gasteiger partial charge in [0.05, 0.1) is 16.7 Å². The summed E-state index contributed by atoms with van der Waals surface area (Å²) in [6.45, 7) is 9.82. The fourth-order valence-electron chi connectivity index (χ4n) is 10.2. The van der Waals surface area contributed by atoms with Crippen LogP contribution in [0.25, 0.3) is 93.2 Å². The molecule has 260 valence electrons. The largest absolute Gasteiger partial charge is 0.308 e. The summed E-state index contributed by atoms with van der Waals surface area (Å²) in [7, 11) is 0. The molecule has 1 heteroatoms. The Labute approximate surface area is 321 Å². The Balaban J connectivity index is 1.21. The molecule has 12 rings (SSSR count). The Kier molecular flexibility index (Phi) is 5.98. The highest BCUT2D eigenvalue weighted by Gasteiger charge is 2.44. The standard InChI is InChI=1S/C54H39N/c1-53(2)46-28-41(38-20-17-32-11-5-8-14-35(32)23-38)26-44-45-27-42(39-21-18-33-12-6-9-15-36(33)24-39)29-47-51(45)55(50(44)46)52-48(53)30-43(31-49(52)54(47,3)4)40-22-19-34-13-7-10-16-37(34)25-40/h5-31H,1-4H3. The lowest BCUT2D eigenvalue weighted by molar-refractivity contribution is 0.594. The summed E-state index contributed by atoms with van der Waals surface area (Å²) in [6, 6.07) is 62.0. The molecule has 0 fully saturated rings. The van der Waals surface area contributed by atoms with Crippen LogP contribution in [0, 0.1) is 0 Å². The third-order valence-electron chi connectivity index (χ3n) is 13.2. The molecule has 0 aliphatic carbocycles. The van der Waals surface area contributed by atoms with Gasteiger partial charge in [0.15, 0.2) is 0 Å². The summed E-state index contributed by atoms with van der Waals surface area (Å²) in [5.41, 5.74) is 16.7. The van der Waals surface area contributed by atoms with Crippen molar-refractivity contribution in [1.29, 1.82) is 0 Å². The van der Waals surface area contributed by atoms with Crippen LogP contribution >= 0.6 is 0 Å². The van der Waals surface area contributed by atoms with Crippen LogP contribution in [0.1, 0.15) is 49.9 Å². The van der Waals surface area contributed by atoms with Gasteiger partial charge in [0, 0.05) is 21.6 Å². The first-order valence-electron chi connectivity index (χ1n) is 19.6. The van der Waals surface area contributed by atoms with E-state index in [1.807, 2.05) is 0 Å². The van der Waals surface area contributed by atoms with Gasteiger partial charge in [0.1, 0.15) is 0 Å². The van der Waals surface area contributed by atoms with Crippen molar-refractivity contribution in [2.45, 2.75) is 38.5 Å². The Morgan fingerprint density at radius 1 is 0.309 bits per heavy atom. The Morgan fingerprint density at radius 3 is 1.02 bits per heavy atom. The molecular formula is C54H39N. The molecule has 2 aliphatic rings. The second-order valence-corrected chi connectivity index (χ2v) is 17.0. The second kappa shape index (κ2) is 10.6. The van der Waals surface area contributed by atoms with Gasteiger partial charge < -0.3 is 4.57 Å². The van der Waals surface area contributed by atoms with Crippen LogP contribution in [0.4, 0.5) is 0 Å². The van der Waals surface area contributed by atoms with E-state index in [0.717, 1.165) is 0 Å². The quantitative estimate of drug-likeness (QED) is 0.173. The lowest BCUT2D eigenvalue weighted by Gasteiger charge is -2.42. The Hall–Kier alpha value is -6.44. The molecule has 0 bridgehead atoms. The van der Waals surface area contributed by atoms with Crippen molar-refractivity contribution < 1.29 is 0 Å². The topological polar surface area (TPSA) is 4.93 Å². The molecule has 0 spiro atoms. The van der Waals surface area contributed by atoms with E-state index in [4.69, 9.17) is 0 Å². The predicted molar refractivity (Wildman–Crippen MR) is 234 cm³/mol. The maximum absolute atomic E-state index is 2.66. The number of nitrogens with zero attached hydrogens (tertiary/aromatic N) is 1. The van der Waals surface area contributed by atoms with Crippen molar-refractivity contribution in [3.8, 4) is 39.1 Å². The van der Waals surface area contributed by atoms with E-state index in [1.54, 1.807) is 0 Å². The van der Waals surface area contributed by atoms with Gasteiger partial charge in [-0.15, -0.1) is 0 Å². The predicted octanol–water partition coefficient (Wildman–Crippen LogP) is 14.5. The summed E-state index contributed by atoms with van der Waals surface area (Å²) < 4.78 is 2.66. The smallest absolute Gasteiger partial charge is 0.0582 e. The fourth-order valence-corrected chi connectivity index (χ4v) is 10.2. The van der Waals surface area contributed by atoms with Crippen molar-refractivity contribution in [2.75, 3.05) is 0 Å². The summed E-state index contributed by atoms with van der Waals surface area (Å²) >= 11 is 0. The SMILES string of the molecule is CC1(C)c2cc(-c3ccc4ccccc4c3)cc3c2-n2c4c1cc(-c1ccc5ccccc5c1)cc4c1cc(-c4ccc5ccccc5c4)cc(c12)C3(C)C. The molecule has 0 atom stereocenters. The van der Waals surface area contributed by atoms with Gasteiger partial charge in [-0.3, -0.25) is 0 Å². The van der Waals surface area contributed by atoms with E-state index in [9.17, 15) is 0 Å². The first-order valence-corrected chi connectivity index (χ1v) is 19.6. The molecular weight excluding hydrogens is 663 g/mol. The maximum atomic E-state index is 2.66. The first-order chi connectivity index (χ1) is 26.7. The van der Waals surface area contributed by atoms with Gasteiger partial charge in [-0.25, -0.2) is 0 Å². The molecule has 9 aromatic carbocycles. The highest BCUT2D eigenvalue weighted by molar-refractivity contribution is 6.16. The number of rotatable bonds is 3. The van der Waals surface area contributed by atoms with Crippen LogP contribution in [0.2, 0.25) is 0 Å². The second-order valence-electron chi connectivity index (χ2n) is 17.0. The molecule has 0 saturated carbocycles. The van der Waals surface area contributed by atoms with Crippen molar-refractivity contribution in [2.24, 2.45) is 0 Å². The van der Waals surface area contributed by atoms with E-state index >= 15 is 0 Å². The van der Waals surface area contributed by atoms with Gasteiger partial charge in [-0.1, -0.05) is 137 Å². The normalized spacial score (nSPS) is 14.8. The molecule has 0 amide bonds. The summed E-state index contributed by atoms with van der Waals surface area (Å²) in [5.74, 6) is 0. The van der Waals surface area contributed by atoms with E-state index in [1.165, 1.54) is 115 Å². The maximum Gasteiger partial charge on any atom is 0.0582 e. The van der Waals surface area contributed by atoms with Crippen LogP contribution in [0.3, 0.4) is 0 Å². The summed E-state index contributed by atoms with van der Waals surface area (Å²) in [4.78, 5) is 0. The summed E-state index contributed by atoms with van der Waals surface area (Å²) in [6.07, 6.45) is 0. The zero-order valence-corrected chi connectivity index (χ0v) is 31.5. The zero-order chi connectivity index (χ0) is 36.8. The molecule has 55 heavy (non-hydrogen) atoms. The van der Waals surface area contributed by atoms with Crippen LogP contribution in [0.15, 0.2) is 164 Å². The fraction of sp³-hybridized carbons (Fsp3) is 0.111. The number of fused-ring (bicyclic) bond motifs is 4. The molecule has 3 heterocycles. The molecule has 0 radical (unpaired) electrons. The highest BCUT2D eigenvalue weighted by atomic mass is 15.0. The molecule has 1 aromatic heterocycles. The summed E-state index contributed by atoms with van der Waals surface area (Å²) in [5, 5.41) is 10.3. The van der Waals surface area contributed by atoms with Crippen molar-refractivity contribution in [3.63, 3.8) is 0 Å². The van der Waals surface area contributed by atoms with Gasteiger partial charge in [-0.05, 0) is 143 Å². The van der Waals surface area contributed by atoms with Crippen molar-refractivity contribution in [1.82, 2.24) is 4.57 Å². The monoisotopic (exact) mass is 701 g/mol. The number of benzene rings is 9. The Morgan fingerprint density at radius 2 is 0.636 bits per heavy atom. The van der Waals surface area contributed by atoms with Gasteiger partial charge >= 0.3 is 0 Å². The lowest BCUT2D eigenvalue weighted by Crippen LogP contribution is -2.33. The minimum Gasteiger partial charge on any atom is -0.308 e. The van der Waals surface area contributed by atoms with Crippen LogP contribution < -0.4 is 0 Å². The minimum absolute atomic E-state index is 0.249. The number of aromatic nitrogens is 1. The van der Waals surface area contributed by atoms with Crippen LogP contribution in [0.5, 0.6) is 0 Å². The van der Waals surface area contributed by atoms with Gasteiger partial charge in [0.25, 0.3) is 0 Å². The lowest BCUT2D eigenvalue weighted by atomic mass is 9.67. The molecule has 10 aromatic rings. The molecule has 0 saturated heterocycles. The van der Waals surface area contributed by atoms with Gasteiger partial charge in [0.2, 0.25) is 0 Å². The van der Waals surface area contributed by atoms with E-state index < -0.39 is 0 Å².